The lowest BCUT2D eigenvalue weighted by Gasteiger charge is -2.36. The van der Waals surface area contributed by atoms with Crippen LogP contribution in [0.5, 0.6) is 0 Å². The minimum Gasteiger partial charge on any atom is -0.481 e. The molecule has 0 aromatic carbocycles. The minimum absolute atomic E-state index is 0.0936. The highest BCUT2D eigenvalue weighted by Gasteiger charge is 2.54. The lowest BCUT2D eigenvalue weighted by Crippen LogP contribution is -2.35. The van der Waals surface area contributed by atoms with Crippen molar-refractivity contribution in [3.05, 3.63) is 6.43 Å². The van der Waals surface area contributed by atoms with E-state index in [1.807, 2.05) is 0 Å². The van der Waals surface area contributed by atoms with E-state index in [4.69, 9.17) is 5.11 Å². The SMILES string of the molecule is CCCCCC(C)(O)CC[C@@]1([C](F)F)CCC(=O)[C@@H]1CCCCCCC(=O)O. The number of ketones is 1. The maximum atomic E-state index is 14.0. The lowest BCUT2D eigenvalue weighted by molar-refractivity contribution is -0.137. The summed E-state index contributed by atoms with van der Waals surface area (Å²) >= 11 is 0. The molecule has 1 saturated carbocycles. The molecule has 1 unspecified atom stereocenters. The minimum atomic E-state index is -1.67. The van der Waals surface area contributed by atoms with Gasteiger partial charge in [0.25, 0.3) is 0 Å². The number of hydrogen-bond acceptors (Lipinski definition) is 3. The number of aliphatic hydroxyl groups is 1. The van der Waals surface area contributed by atoms with Gasteiger partial charge in [-0.3, -0.25) is 9.59 Å². The summed E-state index contributed by atoms with van der Waals surface area (Å²) in [7, 11) is 0. The van der Waals surface area contributed by atoms with E-state index in [9.17, 15) is 23.5 Å². The van der Waals surface area contributed by atoms with Crippen LogP contribution in [-0.2, 0) is 9.59 Å². The molecule has 2 N–H and O–H groups in total. The van der Waals surface area contributed by atoms with E-state index >= 15 is 0 Å². The van der Waals surface area contributed by atoms with E-state index in [-0.39, 0.29) is 37.9 Å². The maximum absolute atomic E-state index is 14.0. The largest absolute Gasteiger partial charge is 0.481 e. The van der Waals surface area contributed by atoms with Crippen LogP contribution >= 0.6 is 0 Å². The normalized spacial score (nSPS) is 24.6. The third-order valence-electron chi connectivity index (χ3n) is 6.31. The molecule has 0 heterocycles. The predicted molar refractivity (Wildman–Crippen MR) is 105 cm³/mol. The van der Waals surface area contributed by atoms with Gasteiger partial charge in [0.15, 0.2) is 0 Å². The first kappa shape index (κ1) is 25.0. The van der Waals surface area contributed by atoms with Crippen LogP contribution in [0.15, 0.2) is 0 Å². The predicted octanol–water partition coefficient (Wildman–Crippen LogP) is 5.92. The Labute approximate surface area is 168 Å². The lowest BCUT2D eigenvalue weighted by atomic mass is 9.70. The van der Waals surface area contributed by atoms with Crippen LogP contribution in [0, 0.1) is 17.8 Å². The van der Waals surface area contributed by atoms with Crippen molar-refractivity contribution in [2.45, 2.75) is 109 Å². The zero-order chi connectivity index (χ0) is 21.2. The number of halogens is 2. The highest BCUT2D eigenvalue weighted by atomic mass is 19.3. The summed E-state index contributed by atoms with van der Waals surface area (Å²) in [5.41, 5.74) is -2.38. The number of carbonyl (C=O) groups excluding carboxylic acids is 1. The Morgan fingerprint density at radius 3 is 2.43 bits per heavy atom. The molecule has 1 aliphatic rings. The molecule has 1 aliphatic carbocycles. The number of aliphatic carboxylic acids is 1. The zero-order valence-electron chi connectivity index (χ0n) is 17.4. The quantitative estimate of drug-likeness (QED) is 0.333. The average Bonchev–Trinajstić information content (AvgIpc) is 2.93. The Morgan fingerprint density at radius 2 is 1.82 bits per heavy atom. The fourth-order valence-corrected chi connectivity index (χ4v) is 4.41. The smallest absolute Gasteiger partial charge is 0.316 e. The molecule has 1 rings (SSSR count). The first-order valence-electron chi connectivity index (χ1n) is 10.8. The van der Waals surface area contributed by atoms with Crippen molar-refractivity contribution in [1.29, 1.82) is 0 Å². The molecule has 1 radical (unpaired) electrons. The van der Waals surface area contributed by atoms with Crippen LogP contribution in [0.25, 0.3) is 0 Å². The van der Waals surface area contributed by atoms with Gasteiger partial charge in [0.2, 0.25) is 0 Å². The van der Waals surface area contributed by atoms with Crippen molar-refractivity contribution in [3.63, 3.8) is 0 Å². The topological polar surface area (TPSA) is 74.6 Å². The molecule has 163 valence electrons. The van der Waals surface area contributed by atoms with E-state index < -0.39 is 29.3 Å². The number of Topliss-reactive ketones (excluding diaryl/α,β-unsaturated/α-hetero) is 1. The first-order chi connectivity index (χ1) is 13.1. The van der Waals surface area contributed by atoms with E-state index in [1.54, 1.807) is 6.92 Å². The molecule has 0 aromatic rings. The van der Waals surface area contributed by atoms with Crippen molar-refractivity contribution < 1.29 is 28.6 Å². The van der Waals surface area contributed by atoms with E-state index in [0.29, 0.717) is 25.7 Å². The third-order valence-corrected chi connectivity index (χ3v) is 6.31. The van der Waals surface area contributed by atoms with Crippen LogP contribution in [0.4, 0.5) is 8.78 Å². The molecule has 3 atom stereocenters. The third kappa shape index (κ3) is 7.76. The second-order valence-electron chi connectivity index (χ2n) is 8.74. The standard InChI is InChI=1S/C22H37F2O4/c1-3-4-9-13-21(2,28)15-16-22(20(23)24)14-12-18(25)17(22)10-7-5-6-8-11-19(26)27/h17,28H,3-16H2,1-2H3,(H,26,27)/t17-,21?,22-/m0/s1. The number of unbranched alkanes of at least 4 members (excludes halogenated alkanes) is 5. The summed E-state index contributed by atoms with van der Waals surface area (Å²) in [6, 6.07) is 0. The van der Waals surface area contributed by atoms with Gasteiger partial charge in [0, 0.05) is 18.8 Å². The number of carboxylic acids is 1. The first-order valence-corrected chi connectivity index (χ1v) is 10.8. The summed E-state index contributed by atoms with van der Waals surface area (Å²) in [5.74, 6) is -1.60. The second-order valence-corrected chi connectivity index (χ2v) is 8.74. The maximum Gasteiger partial charge on any atom is 0.316 e. The van der Waals surface area contributed by atoms with Crippen LogP contribution in [0.2, 0.25) is 0 Å². The number of rotatable bonds is 15. The Hall–Kier alpha value is -1.04. The van der Waals surface area contributed by atoms with Gasteiger partial charge in [-0.05, 0) is 45.4 Å². The van der Waals surface area contributed by atoms with Crippen molar-refractivity contribution in [1.82, 2.24) is 0 Å². The molecule has 6 heteroatoms. The molecule has 1 fully saturated rings. The van der Waals surface area contributed by atoms with Gasteiger partial charge in [-0.1, -0.05) is 45.4 Å². The van der Waals surface area contributed by atoms with Crippen LogP contribution < -0.4 is 0 Å². The van der Waals surface area contributed by atoms with Gasteiger partial charge in [-0.2, -0.15) is 8.78 Å². The van der Waals surface area contributed by atoms with Crippen LogP contribution in [0.3, 0.4) is 0 Å². The van der Waals surface area contributed by atoms with Gasteiger partial charge in [0.05, 0.1) is 11.0 Å². The Bertz CT molecular complexity index is 493. The molecular weight excluding hydrogens is 366 g/mol. The Morgan fingerprint density at radius 1 is 1.14 bits per heavy atom. The number of carboxylic acid groups (broad SMARTS) is 1. The zero-order valence-corrected chi connectivity index (χ0v) is 17.4. The van der Waals surface area contributed by atoms with Crippen molar-refractivity contribution in [2.75, 3.05) is 0 Å². The van der Waals surface area contributed by atoms with E-state index in [2.05, 4.69) is 6.92 Å². The molecule has 0 saturated heterocycles. The molecule has 0 aromatic heterocycles. The fourth-order valence-electron chi connectivity index (χ4n) is 4.41. The van der Waals surface area contributed by atoms with Gasteiger partial charge in [-0.15, -0.1) is 0 Å². The fraction of sp³-hybridized carbons (Fsp3) is 0.864. The van der Waals surface area contributed by atoms with Gasteiger partial charge >= 0.3 is 12.4 Å². The summed E-state index contributed by atoms with van der Waals surface area (Å²) in [6.45, 7) is 3.79. The van der Waals surface area contributed by atoms with E-state index in [0.717, 1.165) is 32.1 Å². The molecule has 0 aliphatic heterocycles. The van der Waals surface area contributed by atoms with E-state index in [1.165, 1.54) is 0 Å². The molecular formula is C22H37F2O4. The molecule has 0 bridgehead atoms. The van der Waals surface area contributed by atoms with Crippen molar-refractivity contribution in [2.24, 2.45) is 11.3 Å². The summed E-state index contributed by atoms with van der Waals surface area (Å²) < 4.78 is 28.1. The average molecular weight is 404 g/mol. The van der Waals surface area contributed by atoms with Crippen LogP contribution in [-0.4, -0.2) is 27.6 Å². The second kappa shape index (κ2) is 11.8. The van der Waals surface area contributed by atoms with Gasteiger partial charge in [0.1, 0.15) is 5.78 Å². The highest BCUT2D eigenvalue weighted by molar-refractivity contribution is 5.84. The van der Waals surface area contributed by atoms with Crippen molar-refractivity contribution >= 4 is 11.8 Å². The Balaban J connectivity index is 2.62. The monoisotopic (exact) mass is 403 g/mol. The Kier molecular flexibility index (Phi) is 10.6. The molecule has 0 amide bonds. The van der Waals surface area contributed by atoms with Crippen molar-refractivity contribution in [3.8, 4) is 0 Å². The highest BCUT2D eigenvalue weighted by Crippen LogP contribution is 2.55. The van der Waals surface area contributed by atoms with Gasteiger partial charge < -0.3 is 10.2 Å². The summed E-state index contributed by atoms with van der Waals surface area (Å²) in [4.78, 5) is 22.9. The molecule has 4 nitrogen and oxygen atoms in total. The number of hydrogen-bond donors (Lipinski definition) is 2. The summed E-state index contributed by atoms with van der Waals surface area (Å²) in [5, 5.41) is 19.2. The molecule has 28 heavy (non-hydrogen) atoms. The summed E-state index contributed by atoms with van der Waals surface area (Å²) in [6.07, 6.45) is 5.84. The van der Waals surface area contributed by atoms with Crippen LogP contribution in [0.1, 0.15) is 104 Å². The molecule has 0 spiro atoms. The van der Waals surface area contributed by atoms with Gasteiger partial charge in [-0.25, -0.2) is 0 Å². The number of carbonyl (C=O) groups is 2.